The number of pyridine rings is 1. The van der Waals surface area contributed by atoms with Crippen molar-refractivity contribution in [2.75, 3.05) is 6.54 Å². The van der Waals surface area contributed by atoms with E-state index in [1.165, 1.54) is 0 Å². The molecule has 0 aliphatic carbocycles. The van der Waals surface area contributed by atoms with Gasteiger partial charge in [-0.3, -0.25) is 14.7 Å². The third-order valence-corrected chi connectivity index (χ3v) is 2.90. The number of imide groups is 1. The molecule has 2 heterocycles. The quantitative estimate of drug-likeness (QED) is 0.598. The fourth-order valence-electron chi connectivity index (χ4n) is 1.83. The van der Waals surface area contributed by atoms with Gasteiger partial charge in [-0.1, -0.05) is 18.3 Å². The average Bonchev–Trinajstić information content (AvgIpc) is 2.55. The molecule has 1 atom stereocenters. The first-order valence-corrected chi connectivity index (χ1v) is 5.70. The van der Waals surface area contributed by atoms with Crippen LogP contribution in [0.15, 0.2) is 24.4 Å². The molecule has 6 nitrogen and oxygen atoms in total. The lowest BCUT2D eigenvalue weighted by Crippen LogP contribution is -2.42. The van der Waals surface area contributed by atoms with E-state index in [1.54, 1.807) is 31.3 Å². The fraction of sp³-hybridized carbons (Fsp3) is 0.273. The molecule has 0 radical (unpaired) electrons. The number of carbonyl (C=O) groups excluding carboxylic acids is 2. The van der Waals surface area contributed by atoms with Crippen LogP contribution in [0.3, 0.4) is 0 Å². The molecule has 0 aromatic carbocycles. The van der Waals surface area contributed by atoms with Crippen LogP contribution < -0.4 is 11.1 Å². The molecular formula is C11H12N4O2S. The topological polar surface area (TPSA) is 88.3 Å². The number of thiocarbonyl (C=S) groups is 1. The molecule has 1 aliphatic rings. The van der Waals surface area contributed by atoms with Crippen LogP contribution in [-0.4, -0.2) is 33.4 Å². The molecule has 0 bridgehead atoms. The summed E-state index contributed by atoms with van der Waals surface area (Å²) in [6, 6.07) is 4.66. The van der Waals surface area contributed by atoms with E-state index < -0.39 is 17.5 Å². The molecule has 1 fully saturated rings. The number of nitrogens with zero attached hydrogens (tertiary/aromatic N) is 2. The molecule has 0 spiro atoms. The van der Waals surface area contributed by atoms with Gasteiger partial charge in [-0.25, -0.2) is 4.79 Å². The van der Waals surface area contributed by atoms with Crippen molar-refractivity contribution in [3.8, 4) is 0 Å². The highest BCUT2D eigenvalue weighted by Gasteiger charge is 2.49. The SMILES string of the molecule is CC1(c2ccccn2)NC(=O)N(CC(N)=S)C1=O. The number of hydrogen-bond donors (Lipinski definition) is 2. The minimum absolute atomic E-state index is 0.0670. The van der Waals surface area contributed by atoms with Crippen molar-refractivity contribution in [1.29, 1.82) is 0 Å². The van der Waals surface area contributed by atoms with Gasteiger partial charge in [0.2, 0.25) is 0 Å². The highest BCUT2D eigenvalue weighted by molar-refractivity contribution is 7.80. The van der Waals surface area contributed by atoms with E-state index in [-0.39, 0.29) is 11.5 Å². The van der Waals surface area contributed by atoms with Gasteiger partial charge in [0.05, 0.1) is 17.2 Å². The molecule has 2 rings (SSSR count). The van der Waals surface area contributed by atoms with Crippen LogP contribution in [0.25, 0.3) is 0 Å². The highest BCUT2D eigenvalue weighted by Crippen LogP contribution is 2.26. The maximum Gasteiger partial charge on any atom is 0.325 e. The molecule has 0 saturated carbocycles. The Morgan fingerprint density at radius 3 is 2.83 bits per heavy atom. The van der Waals surface area contributed by atoms with Crippen LogP contribution in [0.5, 0.6) is 0 Å². The summed E-state index contributed by atoms with van der Waals surface area (Å²) in [6.07, 6.45) is 1.57. The van der Waals surface area contributed by atoms with E-state index in [0.29, 0.717) is 5.69 Å². The summed E-state index contributed by atoms with van der Waals surface area (Å²) < 4.78 is 0. The summed E-state index contributed by atoms with van der Waals surface area (Å²) in [6.45, 7) is 1.54. The van der Waals surface area contributed by atoms with Gasteiger partial charge in [-0.15, -0.1) is 0 Å². The predicted octanol–water partition coefficient (Wildman–Crippen LogP) is 0.135. The molecular weight excluding hydrogens is 252 g/mol. The highest BCUT2D eigenvalue weighted by atomic mass is 32.1. The van der Waals surface area contributed by atoms with Crippen molar-refractivity contribution >= 4 is 29.1 Å². The molecule has 94 valence electrons. The Morgan fingerprint density at radius 1 is 1.56 bits per heavy atom. The summed E-state index contributed by atoms with van der Waals surface area (Å²) in [5.41, 5.74) is 4.68. The van der Waals surface area contributed by atoms with Crippen molar-refractivity contribution in [3.05, 3.63) is 30.1 Å². The molecule has 1 aromatic heterocycles. The van der Waals surface area contributed by atoms with E-state index in [9.17, 15) is 9.59 Å². The summed E-state index contributed by atoms with van der Waals surface area (Å²) in [4.78, 5) is 29.2. The Labute approximate surface area is 109 Å². The second-order valence-corrected chi connectivity index (χ2v) is 4.65. The number of nitrogens with two attached hydrogens (primary N) is 1. The normalized spacial score (nSPS) is 23.1. The smallest absolute Gasteiger partial charge is 0.325 e. The number of carbonyl (C=O) groups is 2. The first-order valence-electron chi connectivity index (χ1n) is 5.29. The molecule has 1 saturated heterocycles. The van der Waals surface area contributed by atoms with Crippen LogP contribution in [0, 0.1) is 0 Å². The van der Waals surface area contributed by atoms with Gasteiger partial charge in [-0.2, -0.15) is 0 Å². The maximum absolute atomic E-state index is 12.3. The van der Waals surface area contributed by atoms with Crippen LogP contribution in [0.1, 0.15) is 12.6 Å². The monoisotopic (exact) mass is 264 g/mol. The Kier molecular flexibility index (Phi) is 3.00. The lowest BCUT2D eigenvalue weighted by atomic mass is 9.97. The third kappa shape index (κ3) is 1.92. The van der Waals surface area contributed by atoms with E-state index in [0.717, 1.165) is 4.90 Å². The Balaban J connectivity index is 2.35. The molecule has 7 heteroatoms. The van der Waals surface area contributed by atoms with Gasteiger partial charge in [0.15, 0.2) is 5.54 Å². The summed E-state index contributed by atoms with van der Waals surface area (Å²) in [7, 11) is 0. The van der Waals surface area contributed by atoms with E-state index in [2.05, 4.69) is 10.3 Å². The summed E-state index contributed by atoms with van der Waals surface area (Å²) >= 11 is 4.72. The Hall–Kier alpha value is -2.02. The van der Waals surface area contributed by atoms with E-state index >= 15 is 0 Å². The molecule has 18 heavy (non-hydrogen) atoms. The van der Waals surface area contributed by atoms with Crippen molar-refractivity contribution in [2.45, 2.75) is 12.5 Å². The zero-order valence-electron chi connectivity index (χ0n) is 9.71. The number of rotatable bonds is 3. The molecule has 1 aliphatic heterocycles. The number of urea groups is 1. The average molecular weight is 264 g/mol. The first kappa shape index (κ1) is 12.4. The Bertz CT molecular complexity index is 519. The van der Waals surface area contributed by atoms with Gasteiger partial charge < -0.3 is 11.1 Å². The fourth-order valence-corrected chi connectivity index (χ4v) is 1.96. The van der Waals surface area contributed by atoms with Crippen LogP contribution in [0.4, 0.5) is 4.79 Å². The summed E-state index contributed by atoms with van der Waals surface area (Å²) in [5, 5.41) is 2.61. The van der Waals surface area contributed by atoms with E-state index in [4.69, 9.17) is 18.0 Å². The number of hydrogen-bond acceptors (Lipinski definition) is 4. The molecule has 1 aromatic rings. The van der Waals surface area contributed by atoms with Crippen LogP contribution >= 0.6 is 12.2 Å². The first-order chi connectivity index (χ1) is 8.45. The van der Waals surface area contributed by atoms with E-state index in [1.807, 2.05) is 0 Å². The Morgan fingerprint density at radius 2 is 2.28 bits per heavy atom. The minimum Gasteiger partial charge on any atom is -0.392 e. The van der Waals surface area contributed by atoms with Crippen LogP contribution in [-0.2, 0) is 10.3 Å². The predicted molar refractivity (Wildman–Crippen MR) is 68.6 cm³/mol. The molecule has 1 unspecified atom stereocenters. The van der Waals surface area contributed by atoms with Gasteiger partial charge in [0.1, 0.15) is 0 Å². The number of nitrogens with one attached hydrogen (secondary N) is 1. The molecule has 3 amide bonds. The second kappa shape index (κ2) is 4.34. The van der Waals surface area contributed by atoms with Crippen molar-refractivity contribution in [3.63, 3.8) is 0 Å². The van der Waals surface area contributed by atoms with Gasteiger partial charge >= 0.3 is 6.03 Å². The lowest BCUT2D eigenvalue weighted by molar-refractivity contribution is -0.130. The minimum atomic E-state index is -1.16. The standard InChI is InChI=1S/C11H12N4O2S/c1-11(7-4-2-3-5-13-7)9(16)15(6-8(12)18)10(17)14-11/h2-5H,6H2,1H3,(H2,12,18)(H,14,17). The zero-order chi connectivity index (χ0) is 13.3. The second-order valence-electron chi connectivity index (χ2n) is 4.13. The van der Waals surface area contributed by atoms with Gasteiger partial charge in [-0.05, 0) is 19.1 Å². The number of aromatic nitrogens is 1. The zero-order valence-corrected chi connectivity index (χ0v) is 10.5. The van der Waals surface area contributed by atoms with Crippen molar-refractivity contribution in [1.82, 2.24) is 15.2 Å². The summed E-state index contributed by atoms with van der Waals surface area (Å²) in [5.74, 6) is -0.404. The largest absolute Gasteiger partial charge is 0.392 e. The van der Waals surface area contributed by atoms with Crippen molar-refractivity contribution in [2.24, 2.45) is 5.73 Å². The molecule has 3 N–H and O–H groups in total. The maximum atomic E-state index is 12.3. The lowest BCUT2D eigenvalue weighted by Gasteiger charge is -2.20. The van der Waals surface area contributed by atoms with Gasteiger partial charge in [0, 0.05) is 6.20 Å². The third-order valence-electron chi connectivity index (χ3n) is 2.77. The number of amides is 3. The van der Waals surface area contributed by atoms with Crippen LogP contribution in [0.2, 0.25) is 0 Å². The van der Waals surface area contributed by atoms with Crippen molar-refractivity contribution < 1.29 is 9.59 Å². The van der Waals surface area contributed by atoms with Gasteiger partial charge in [0.25, 0.3) is 5.91 Å².